The molecule has 0 saturated carbocycles. The number of aromatic hydroxyl groups is 1. The molecule has 2 aromatic carbocycles. The third kappa shape index (κ3) is 8.46. The molecule has 1 aromatic heterocycles. The minimum absolute atomic E-state index is 0.0666. The topological polar surface area (TPSA) is 90.4 Å². The SMILES string of the molecule is COc1cc(CCN(Cc2ccc(OCc3ccc(Cl)nc3)c(OC)c2)C(=O)OC(C)(C)C)ccc1O. The zero-order valence-electron chi connectivity index (χ0n) is 21.8. The Labute approximate surface area is 222 Å². The van der Waals surface area contributed by atoms with Crippen LogP contribution in [0, 0.1) is 0 Å². The number of methoxy groups -OCH3 is 2. The standard InChI is InChI=1S/C28H33ClN2O6/c1-28(2,3)37-27(33)31(13-12-19-6-9-22(32)24(14-19)34-4)17-20-7-10-23(25(15-20)35-5)36-18-21-8-11-26(29)30-16-21/h6-11,14-16,32H,12-13,17-18H2,1-5H3. The van der Waals surface area contributed by atoms with E-state index >= 15 is 0 Å². The van der Waals surface area contributed by atoms with Crippen LogP contribution in [-0.4, -0.2) is 47.4 Å². The van der Waals surface area contributed by atoms with Crippen LogP contribution in [0.5, 0.6) is 23.0 Å². The molecule has 0 aliphatic heterocycles. The van der Waals surface area contributed by atoms with E-state index in [9.17, 15) is 9.90 Å². The predicted octanol–water partition coefficient (Wildman–Crippen LogP) is 6.02. The van der Waals surface area contributed by atoms with Gasteiger partial charge in [0, 0.05) is 24.8 Å². The molecule has 198 valence electrons. The highest BCUT2D eigenvalue weighted by Gasteiger charge is 2.23. The van der Waals surface area contributed by atoms with Crippen molar-refractivity contribution < 1.29 is 28.8 Å². The number of ether oxygens (including phenoxy) is 4. The third-order valence-electron chi connectivity index (χ3n) is 5.35. The Bertz CT molecular complexity index is 1190. The van der Waals surface area contributed by atoms with Crippen molar-refractivity contribution >= 4 is 17.7 Å². The lowest BCUT2D eigenvalue weighted by atomic mass is 10.1. The van der Waals surface area contributed by atoms with Crippen LogP contribution in [0.2, 0.25) is 5.15 Å². The van der Waals surface area contributed by atoms with Gasteiger partial charge in [0.05, 0.1) is 14.2 Å². The number of rotatable bonds is 10. The van der Waals surface area contributed by atoms with E-state index in [1.807, 2.05) is 45.0 Å². The summed E-state index contributed by atoms with van der Waals surface area (Å²) in [7, 11) is 3.07. The first-order chi connectivity index (χ1) is 17.6. The van der Waals surface area contributed by atoms with E-state index in [4.69, 9.17) is 30.5 Å². The fourth-order valence-electron chi connectivity index (χ4n) is 3.51. The molecule has 0 aliphatic carbocycles. The number of amides is 1. The number of phenols is 1. The van der Waals surface area contributed by atoms with E-state index in [1.165, 1.54) is 7.11 Å². The summed E-state index contributed by atoms with van der Waals surface area (Å²) in [6.45, 7) is 6.51. The average molecular weight is 529 g/mol. The van der Waals surface area contributed by atoms with Gasteiger partial charge in [-0.2, -0.15) is 0 Å². The van der Waals surface area contributed by atoms with Gasteiger partial charge in [-0.25, -0.2) is 9.78 Å². The van der Waals surface area contributed by atoms with E-state index in [1.54, 1.807) is 42.5 Å². The van der Waals surface area contributed by atoms with Crippen molar-refractivity contribution in [2.75, 3.05) is 20.8 Å². The zero-order valence-corrected chi connectivity index (χ0v) is 22.5. The number of hydrogen-bond acceptors (Lipinski definition) is 7. The van der Waals surface area contributed by atoms with Crippen LogP contribution in [0.4, 0.5) is 4.79 Å². The molecular weight excluding hydrogens is 496 g/mol. The summed E-state index contributed by atoms with van der Waals surface area (Å²) in [5, 5.41) is 10.3. The Balaban J connectivity index is 1.74. The number of phenolic OH excluding ortho intramolecular Hbond substituents is 1. The first-order valence-electron chi connectivity index (χ1n) is 11.8. The highest BCUT2D eigenvalue weighted by molar-refractivity contribution is 6.29. The van der Waals surface area contributed by atoms with Gasteiger partial charge in [0.15, 0.2) is 23.0 Å². The lowest BCUT2D eigenvalue weighted by molar-refractivity contribution is 0.0235. The van der Waals surface area contributed by atoms with Gasteiger partial charge in [-0.3, -0.25) is 0 Å². The number of carbonyl (C=O) groups is 1. The van der Waals surface area contributed by atoms with Gasteiger partial charge in [0.1, 0.15) is 17.4 Å². The van der Waals surface area contributed by atoms with Crippen LogP contribution in [0.3, 0.4) is 0 Å². The van der Waals surface area contributed by atoms with Crippen molar-refractivity contribution in [2.24, 2.45) is 0 Å². The van der Waals surface area contributed by atoms with Gasteiger partial charge < -0.3 is 29.0 Å². The molecule has 0 atom stereocenters. The van der Waals surface area contributed by atoms with Crippen LogP contribution in [0.25, 0.3) is 0 Å². The summed E-state index contributed by atoms with van der Waals surface area (Å²) in [6, 6.07) is 14.2. The molecule has 0 saturated heterocycles. The number of halogens is 1. The Morgan fingerprint density at radius 1 is 0.946 bits per heavy atom. The number of hydrogen-bond donors (Lipinski definition) is 1. The molecule has 0 aliphatic rings. The quantitative estimate of drug-likeness (QED) is 0.322. The summed E-state index contributed by atoms with van der Waals surface area (Å²) in [5.41, 5.74) is 2.01. The predicted molar refractivity (Wildman–Crippen MR) is 142 cm³/mol. The van der Waals surface area contributed by atoms with Crippen molar-refractivity contribution in [3.05, 3.63) is 76.6 Å². The van der Waals surface area contributed by atoms with E-state index in [0.29, 0.717) is 48.5 Å². The van der Waals surface area contributed by atoms with Crippen molar-refractivity contribution in [2.45, 2.75) is 45.9 Å². The Kier molecular flexibility index (Phi) is 9.47. The van der Waals surface area contributed by atoms with Gasteiger partial charge >= 0.3 is 6.09 Å². The van der Waals surface area contributed by atoms with Crippen molar-refractivity contribution in [3.8, 4) is 23.0 Å². The molecule has 1 amide bonds. The molecule has 3 aromatic rings. The molecule has 0 unspecified atom stereocenters. The van der Waals surface area contributed by atoms with Crippen molar-refractivity contribution in [1.29, 1.82) is 0 Å². The second kappa shape index (κ2) is 12.5. The summed E-state index contributed by atoms with van der Waals surface area (Å²) >= 11 is 5.85. The van der Waals surface area contributed by atoms with Crippen LogP contribution in [-0.2, 0) is 24.3 Å². The van der Waals surface area contributed by atoms with Gasteiger partial charge in [-0.05, 0) is 68.7 Å². The Morgan fingerprint density at radius 2 is 1.62 bits per heavy atom. The van der Waals surface area contributed by atoms with Gasteiger partial charge in [-0.15, -0.1) is 0 Å². The first kappa shape index (κ1) is 27.9. The normalized spacial score (nSPS) is 11.1. The molecule has 3 rings (SSSR count). The number of pyridine rings is 1. The molecular formula is C28H33ClN2O6. The van der Waals surface area contributed by atoms with Crippen LogP contribution in [0.15, 0.2) is 54.7 Å². The summed E-state index contributed by atoms with van der Waals surface area (Å²) < 4.78 is 22.3. The minimum Gasteiger partial charge on any atom is -0.504 e. The lowest BCUT2D eigenvalue weighted by Gasteiger charge is -2.28. The highest BCUT2D eigenvalue weighted by Crippen LogP contribution is 2.30. The maximum atomic E-state index is 13.0. The van der Waals surface area contributed by atoms with Crippen LogP contribution >= 0.6 is 11.6 Å². The second-order valence-corrected chi connectivity index (χ2v) is 9.81. The molecule has 1 heterocycles. The van der Waals surface area contributed by atoms with Gasteiger partial charge in [0.25, 0.3) is 0 Å². The number of nitrogens with zero attached hydrogens (tertiary/aromatic N) is 2. The van der Waals surface area contributed by atoms with E-state index < -0.39 is 11.7 Å². The number of aromatic nitrogens is 1. The Morgan fingerprint density at radius 3 is 2.27 bits per heavy atom. The van der Waals surface area contributed by atoms with E-state index in [2.05, 4.69) is 4.98 Å². The minimum atomic E-state index is -0.636. The second-order valence-electron chi connectivity index (χ2n) is 9.42. The summed E-state index contributed by atoms with van der Waals surface area (Å²) in [6.07, 6.45) is 1.78. The molecule has 0 fully saturated rings. The van der Waals surface area contributed by atoms with Crippen LogP contribution in [0.1, 0.15) is 37.5 Å². The van der Waals surface area contributed by atoms with Crippen molar-refractivity contribution in [1.82, 2.24) is 9.88 Å². The van der Waals surface area contributed by atoms with Crippen molar-refractivity contribution in [3.63, 3.8) is 0 Å². The summed E-state index contributed by atoms with van der Waals surface area (Å²) in [5.74, 6) is 1.57. The fraction of sp³-hybridized carbons (Fsp3) is 0.357. The number of carbonyl (C=O) groups excluding carboxylic acids is 1. The fourth-order valence-corrected chi connectivity index (χ4v) is 3.62. The van der Waals surface area contributed by atoms with E-state index in [-0.39, 0.29) is 5.75 Å². The lowest BCUT2D eigenvalue weighted by Crippen LogP contribution is -2.37. The molecule has 1 N–H and O–H groups in total. The average Bonchev–Trinajstić information content (AvgIpc) is 2.86. The summed E-state index contributed by atoms with van der Waals surface area (Å²) in [4.78, 5) is 18.7. The van der Waals surface area contributed by atoms with Gasteiger partial charge in [0.2, 0.25) is 0 Å². The molecule has 9 heteroatoms. The monoisotopic (exact) mass is 528 g/mol. The Hall–Kier alpha value is -3.65. The maximum absolute atomic E-state index is 13.0. The van der Waals surface area contributed by atoms with Gasteiger partial charge in [-0.1, -0.05) is 29.8 Å². The van der Waals surface area contributed by atoms with E-state index in [0.717, 1.165) is 16.7 Å². The largest absolute Gasteiger partial charge is 0.504 e. The molecule has 0 spiro atoms. The smallest absolute Gasteiger partial charge is 0.410 e. The number of benzene rings is 2. The molecule has 0 radical (unpaired) electrons. The molecule has 0 bridgehead atoms. The molecule has 37 heavy (non-hydrogen) atoms. The zero-order chi connectivity index (χ0) is 27.0. The third-order valence-corrected chi connectivity index (χ3v) is 5.57. The highest BCUT2D eigenvalue weighted by atomic mass is 35.5. The maximum Gasteiger partial charge on any atom is 0.410 e. The molecule has 8 nitrogen and oxygen atoms in total. The first-order valence-corrected chi connectivity index (χ1v) is 12.2. The van der Waals surface area contributed by atoms with Crippen LogP contribution < -0.4 is 14.2 Å².